The van der Waals surface area contributed by atoms with Crippen LogP contribution >= 0.6 is 0 Å². The third-order valence-electron chi connectivity index (χ3n) is 2.54. The van der Waals surface area contributed by atoms with Crippen LogP contribution in [0.1, 0.15) is 38.5 Å². The van der Waals surface area contributed by atoms with Crippen LogP contribution in [0.5, 0.6) is 0 Å². The summed E-state index contributed by atoms with van der Waals surface area (Å²) in [4.78, 5) is 9.62. The fourth-order valence-corrected chi connectivity index (χ4v) is 1.74. The van der Waals surface area contributed by atoms with E-state index in [0.29, 0.717) is 6.10 Å². The van der Waals surface area contributed by atoms with Gasteiger partial charge in [-0.3, -0.25) is 15.3 Å². The van der Waals surface area contributed by atoms with E-state index < -0.39 is 0 Å². The largest absolute Gasteiger partial charge is 0.273 e. The molecule has 1 saturated carbocycles. The predicted molar refractivity (Wildman–Crippen MR) is 52.3 cm³/mol. The maximum absolute atomic E-state index is 5.55. The van der Waals surface area contributed by atoms with Crippen LogP contribution in [-0.2, 0) is 4.84 Å². The van der Waals surface area contributed by atoms with E-state index in [1.807, 2.05) is 12.4 Å². The van der Waals surface area contributed by atoms with Gasteiger partial charge in [-0.1, -0.05) is 12.8 Å². The van der Waals surface area contributed by atoms with Gasteiger partial charge in [-0.25, -0.2) is 0 Å². The average molecular weight is 180 g/mol. The fourth-order valence-electron chi connectivity index (χ4n) is 1.74. The molecule has 0 saturated heterocycles. The Labute approximate surface area is 78.8 Å². The molecule has 0 spiro atoms. The molecule has 0 bridgehead atoms. The Kier molecular flexibility index (Phi) is 2.98. The summed E-state index contributed by atoms with van der Waals surface area (Å²) in [5.41, 5.74) is 4.12. The molecule has 2 rings (SSSR count). The molecule has 2 aliphatic rings. The Hall–Kier alpha value is -0.830. The highest BCUT2D eigenvalue weighted by molar-refractivity contribution is 5.59. The van der Waals surface area contributed by atoms with Crippen LogP contribution in [0.4, 0.5) is 0 Å². The highest BCUT2D eigenvalue weighted by Crippen LogP contribution is 2.20. The molecule has 0 amide bonds. The van der Waals surface area contributed by atoms with Crippen LogP contribution in [-0.4, -0.2) is 12.3 Å². The Morgan fingerprint density at radius 2 is 2.23 bits per heavy atom. The third-order valence-corrected chi connectivity index (χ3v) is 2.54. The minimum atomic E-state index is 0.423. The van der Waals surface area contributed by atoms with E-state index in [1.54, 1.807) is 0 Å². The molecule has 3 heteroatoms. The monoisotopic (exact) mass is 180 g/mol. The van der Waals surface area contributed by atoms with Crippen molar-refractivity contribution in [2.45, 2.75) is 44.6 Å². The van der Waals surface area contributed by atoms with Crippen molar-refractivity contribution in [3.63, 3.8) is 0 Å². The molecule has 0 unspecified atom stereocenters. The number of allylic oxidation sites excluding steroid dienone is 1. The fraction of sp³-hybridized carbons (Fsp3) is 0.700. The molecule has 0 aromatic heterocycles. The van der Waals surface area contributed by atoms with E-state index in [9.17, 15) is 0 Å². The van der Waals surface area contributed by atoms with Gasteiger partial charge in [-0.15, -0.1) is 0 Å². The first-order valence-corrected chi connectivity index (χ1v) is 5.07. The molecule has 1 heterocycles. The molecule has 72 valence electrons. The molecule has 13 heavy (non-hydrogen) atoms. The number of nitrogens with one attached hydrogen (secondary N) is 1. The minimum absolute atomic E-state index is 0.423. The summed E-state index contributed by atoms with van der Waals surface area (Å²) in [7, 11) is 0. The molecule has 0 radical (unpaired) electrons. The van der Waals surface area contributed by atoms with Gasteiger partial charge in [0.05, 0.1) is 11.8 Å². The highest BCUT2D eigenvalue weighted by atomic mass is 16.7. The lowest BCUT2D eigenvalue weighted by atomic mass is 10.2. The molecule has 0 aromatic carbocycles. The number of nitrogens with zero attached hydrogens (tertiary/aromatic N) is 1. The molecule has 1 fully saturated rings. The van der Waals surface area contributed by atoms with Gasteiger partial charge >= 0.3 is 0 Å². The number of rotatable bonds is 3. The first kappa shape index (κ1) is 8.75. The van der Waals surface area contributed by atoms with Crippen LogP contribution in [0.2, 0.25) is 0 Å². The molecule has 1 aliphatic carbocycles. The van der Waals surface area contributed by atoms with Gasteiger partial charge in [0, 0.05) is 12.4 Å². The normalized spacial score (nSPS) is 23.2. The number of aliphatic imine (C=N–C) groups is 1. The second-order valence-corrected chi connectivity index (χ2v) is 3.65. The van der Waals surface area contributed by atoms with E-state index in [-0.39, 0.29) is 0 Å². The Morgan fingerprint density at radius 3 is 2.92 bits per heavy atom. The van der Waals surface area contributed by atoms with Crippen molar-refractivity contribution in [3.8, 4) is 0 Å². The van der Waals surface area contributed by atoms with Gasteiger partial charge < -0.3 is 0 Å². The van der Waals surface area contributed by atoms with Crippen LogP contribution in [0.3, 0.4) is 0 Å². The van der Waals surface area contributed by atoms with E-state index >= 15 is 0 Å². The van der Waals surface area contributed by atoms with Crippen molar-refractivity contribution in [3.05, 3.63) is 11.9 Å². The van der Waals surface area contributed by atoms with Gasteiger partial charge in [0.1, 0.15) is 0 Å². The van der Waals surface area contributed by atoms with Crippen molar-refractivity contribution in [2.75, 3.05) is 0 Å². The van der Waals surface area contributed by atoms with Crippen molar-refractivity contribution in [1.82, 2.24) is 5.48 Å². The lowest BCUT2D eigenvalue weighted by molar-refractivity contribution is -0.00490. The zero-order chi connectivity index (χ0) is 8.93. The minimum Gasteiger partial charge on any atom is -0.273 e. The van der Waals surface area contributed by atoms with Gasteiger partial charge in [0.25, 0.3) is 0 Å². The molecular formula is C10H16N2O. The van der Waals surface area contributed by atoms with Gasteiger partial charge in [-0.2, -0.15) is 0 Å². The topological polar surface area (TPSA) is 33.6 Å². The third kappa shape index (κ3) is 2.56. The summed E-state index contributed by atoms with van der Waals surface area (Å²) in [5.74, 6) is 0. The standard InChI is InChI=1S/C10H16N2O/c1-2-6-10(5-1)13-12-9-4-3-7-11-8-9/h7-8,10,12H,1-6H2. The first-order chi connectivity index (χ1) is 6.45. The van der Waals surface area contributed by atoms with Crippen molar-refractivity contribution < 1.29 is 4.84 Å². The van der Waals surface area contributed by atoms with Crippen LogP contribution < -0.4 is 5.48 Å². The summed E-state index contributed by atoms with van der Waals surface area (Å²) in [6.07, 6.45) is 11.3. The summed E-state index contributed by atoms with van der Waals surface area (Å²) >= 11 is 0. The summed E-state index contributed by atoms with van der Waals surface area (Å²) < 4.78 is 0. The zero-order valence-electron chi connectivity index (χ0n) is 7.83. The highest BCUT2D eigenvalue weighted by Gasteiger charge is 2.16. The number of hydroxylamine groups is 1. The maximum Gasteiger partial charge on any atom is 0.0853 e. The maximum atomic E-state index is 5.55. The smallest absolute Gasteiger partial charge is 0.0853 e. The zero-order valence-corrected chi connectivity index (χ0v) is 7.83. The molecular weight excluding hydrogens is 164 g/mol. The van der Waals surface area contributed by atoms with E-state index in [4.69, 9.17) is 4.84 Å². The average Bonchev–Trinajstić information content (AvgIpc) is 2.69. The lowest BCUT2D eigenvalue weighted by Crippen LogP contribution is -2.21. The lowest BCUT2D eigenvalue weighted by Gasteiger charge is -2.15. The second-order valence-electron chi connectivity index (χ2n) is 3.65. The van der Waals surface area contributed by atoms with Crippen LogP contribution in [0.25, 0.3) is 0 Å². The Balaban J connectivity index is 1.71. The predicted octanol–water partition coefficient (Wildman–Crippen LogP) is 2.16. The van der Waals surface area contributed by atoms with Gasteiger partial charge in [0.15, 0.2) is 0 Å². The number of hydrogen-bond donors (Lipinski definition) is 1. The first-order valence-electron chi connectivity index (χ1n) is 5.07. The summed E-state index contributed by atoms with van der Waals surface area (Å²) in [5, 5.41) is 0. The van der Waals surface area contributed by atoms with Crippen molar-refractivity contribution >= 4 is 6.21 Å². The van der Waals surface area contributed by atoms with Crippen molar-refractivity contribution in [1.29, 1.82) is 0 Å². The van der Waals surface area contributed by atoms with E-state index in [1.165, 1.54) is 25.7 Å². The van der Waals surface area contributed by atoms with Crippen LogP contribution in [0.15, 0.2) is 16.9 Å². The van der Waals surface area contributed by atoms with E-state index in [2.05, 4.69) is 10.5 Å². The molecule has 3 nitrogen and oxygen atoms in total. The molecule has 0 aromatic rings. The quantitative estimate of drug-likeness (QED) is 0.675. The Bertz CT molecular complexity index is 217. The van der Waals surface area contributed by atoms with Crippen molar-refractivity contribution in [2.24, 2.45) is 4.99 Å². The summed E-state index contributed by atoms with van der Waals surface area (Å²) in [6, 6.07) is 0. The Morgan fingerprint density at radius 1 is 1.38 bits per heavy atom. The molecule has 0 atom stereocenters. The summed E-state index contributed by atoms with van der Waals surface area (Å²) in [6.45, 7) is 0. The SMILES string of the molecule is C1=NC=C(NOC2CCCC2)CC1. The van der Waals surface area contributed by atoms with Gasteiger partial charge in [0.2, 0.25) is 0 Å². The number of hydrogen-bond acceptors (Lipinski definition) is 3. The van der Waals surface area contributed by atoms with Gasteiger partial charge in [-0.05, 0) is 25.7 Å². The van der Waals surface area contributed by atoms with E-state index in [0.717, 1.165) is 18.5 Å². The second kappa shape index (κ2) is 4.42. The molecule has 1 N–H and O–H groups in total. The molecule has 1 aliphatic heterocycles. The van der Waals surface area contributed by atoms with Crippen LogP contribution in [0, 0.1) is 0 Å².